The van der Waals surface area contributed by atoms with E-state index in [-0.39, 0.29) is 19.4 Å². The normalized spacial score (nSPS) is 12.0. The summed E-state index contributed by atoms with van der Waals surface area (Å²) >= 11 is 0. The van der Waals surface area contributed by atoms with Crippen LogP contribution in [0.2, 0.25) is 0 Å². The number of aromatic nitrogens is 2. The topological polar surface area (TPSA) is 121 Å². The highest BCUT2D eigenvalue weighted by Gasteiger charge is 2.13. The largest absolute Gasteiger partial charge is 0.454 e. The van der Waals surface area contributed by atoms with Crippen LogP contribution >= 0.6 is 0 Å². The lowest BCUT2D eigenvalue weighted by Crippen LogP contribution is -2.28. The van der Waals surface area contributed by atoms with Gasteiger partial charge in [0, 0.05) is 12.7 Å². The van der Waals surface area contributed by atoms with Crippen LogP contribution in [0.1, 0.15) is 5.56 Å². The molecule has 0 atom stereocenters. The number of hydrogen-bond donors (Lipinski definition) is 3. The van der Waals surface area contributed by atoms with E-state index in [0.29, 0.717) is 23.7 Å². The van der Waals surface area contributed by atoms with Crippen LogP contribution in [0.15, 0.2) is 30.6 Å². The molecule has 3 rings (SSSR count). The molecule has 9 nitrogen and oxygen atoms in total. The third kappa shape index (κ3) is 3.70. The minimum absolute atomic E-state index is 0.0412. The molecule has 0 unspecified atom stereocenters. The standard InChI is InChI=1S/C14H15N5O4/c15-13(20)7-19-6-10(5-17-19)18-14(21)16-4-9-1-2-11-12(3-9)23-8-22-11/h1-3,5-6H,4,7-8H2,(H2,15,20)(H2,16,18,21). The Kier molecular flexibility index (Phi) is 4.00. The molecule has 4 N–H and O–H groups in total. The molecule has 0 radical (unpaired) electrons. The second kappa shape index (κ2) is 6.26. The number of primary amides is 1. The fraction of sp³-hybridized carbons (Fsp3) is 0.214. The molecule has 9 heteroatoms. The van der Waals surface area contributed by atoms with E-state index in [2.05, 4.69) is 15.7 Å². The summed E-state index contributed by atoms with van der Waals surface area (Å²) in [6.45, 7) is 0.500. The van der Waals surface area contributed by atoms with Gasteiger partial charge in [-0.2, -0.15) is 5.10 Å². The van der Waals surface area contributed by atoms with Gasteiger partial charge in [-0.3, -0.25) is 9.48 Å². The van der Waals surface area contributed by atoms with Crippen molar-refractivity contribution in [3.8, 4) is 11.5 Å². The number of rotatable bonds is 5. The smallest absolute Gasteiger partial charge is 0.319 e. The summed E-state index contributed by atoms with van der Waals surface area (Å²) in [4.78, 5) is 22.6. The quantitative estimate of drug-likeness (QED) is 0.738. The summed E-state index contributed by atoms with van der Waals surface area (Å²) < 4.78 is 11.8. The SMILES string of the molecule is NC(=O)Cn1cc(NC(=O)NCc2ccc3c(c2)OCO3)cn1. The van der Waals surface area contributed by atoms with Gasteiger partial charge in [0.2, 0.25) is 12.7 Å². The lowest BCUT2D eigenvalue weighted by molar-refractivity contribution is -0.118. The summed E-state index contributed by atoms with van der Waals surface area (Å²) in [6.07, 6.45) is 2.95. The molecular weight excluding hydrogens is 302 g/mol. The Morgan fingerprint density at radius 2 is 2.13 bits per heavy atom. The highest BCUT2D eigenvalue weighted by atomic mass is 16.7. The maximum atomic E-state index is 11.8. The van der Waals surface area contributed by atoms with Crippen LogP contribution in [0, 0.1) is 0 Å². The molecular formula is C14H15N5O4. The van der Waals surface area contributed by atoms with E-state index in [9.17, 15) is 9.59 Å². The number of carbonyl (C=O) groups is 2. The number of amides is 3. The van der Waals surface area contributed by atoms with Crippen LogP contribution in [0.5, 0.6) is 11.5 Å². The fourth-order valence-electron chi connectivity index (χ4n) is 2.08. The first-order valence-corrected chi connectivity index (χ1v) is 6.84. The van der Waals surface area contributed by atoms with Gasteiger partial charge in [-0.15, -0.1) is 0 Å². The summed E-state index contributed by atoms with van der Waals surface area (Å²) in [5.74, 6) is 0.851. The molecule has 0 saturated heterocycles. The minimum atomic E-state index is -0.507. The number of anilines is 1. The maximum absolute atomic E-state index is 11.8. The average Bonchev–Trinajstić information content (AvgIpc) is 3.13. The number of hydrogen-bond acceptors (Lipinski definition) is 5. The Morgan fingerprint density at radius 3 is 2.96 bits per heavy atom. The Morgan fingerprint density at radius 1 is 1.30 bits per heavy atom. The van der Waals surface area contributed by atoms with Gasteiger partial charge in [0.25, 0.3) is 0 Å². The highest BCUT2D eigenvalue weighted by Crippen LogP contribution is 2.32. The molecule has 1 aliphatic heterocycles. The van der Waals surface area contributed by atoms with E-state index in [1.807, 2.05) is 12.1 Å². The average molecular weight is 317 g/mol. The Labute approximate surface area is 131 Å². The summed E-state index contributed by atoms with van der Waals surface area (Å²) in [7, 11) is 0. The van der Waals surface area contributed by atoms with E-state index in [1.165, 1.54) is 17.1 Å². The van der Waals surface area contributed by atoms with Gasteiger partial charge in [0.15, 0.2) is 11.5 Å². The van der Waals surface area contributed by atoms with Gasteiger partial charge in [0.05, 0.1) is 11.9 Å². The Bertz CT molecular complexity index is 743. The number of nitrogens with one attached hydrogen (secondary N) is 2. The summed E-state index contributed by atoms with van der Waals surface area (Å²) in [5, 5.41) is 9.24. The molecule has 23 heavy (non-hydrogen) atoms. The minimum Gasteiger partial charge on any atom is -0.454 e. The highest BCUT2D eigenvalue weighted by molar-refractivity contribution is 5.88. The molecule has 2 heterocycles. The zero-order chi connectivity index (χ0) is 16.2. The van der Waals surface area contributed by atoms with Gasteiger partial charge in [-0.05, 0) is 17.7 Å². The van der Waals surface area contributed by atoms with Crippen LogP contribution < -0.4 is 25.8 Å². The van der Waals surface area contributed by atoms with Crippen molar-refractivity contribution in [2.45, 2.75) is 13.1 Å². The molecule has 120 valence electrons. The fourth-order valence-corrected chi connectivity index (χ4v) is 2.08. The van der Waals surface area contributed by atoms with Crippen molar-refractivity contribution >= 4 is 17.6 Å². The number of benzene rings is 1. The van der Waals surface area contributed by atoms with E-state index < -0.39 is 5.91 Å². The Balaban J connectivity index is 1.51. The monoisotopic (exact) mass is 317 g/mol. The third-order valence-corrected chi connectivity index (χ3v) is 3.10. The van der Waals surface area contributed by atoms with Crippen LogP contribution in [0.25, 0.3) is 0 Å². The van der Waals surface area contributed by atoms with Crippen molar-refractivity contribution in [3.63, 3.8) is 0 Å². The first-order valence-electron chi connectivity index (χ1n) is 6.84. The third-order valence-electron chi connectivity index (χ3n) is 3.10. The van der Waals surface area contributed by atoms with Gasteiger partial charge in [-0.25, -0.2) is 4.79 Å². The Hall–Kier alpha value is -3.23. The molecule has 0 fully saturated rings. The van der Waals surface area contributed by atoms with Crippen molar-refractivity contribution in [1.82, 2.24) is 15.1 Å². The lowest BCUT2D eigenvalue weighted by Gasteiger charge is -2.06. The maximum Gasteiger partial charge on any atom is 0.319 e. The second-order valence-corrected chi connectivity index (χ2v) is 4.89. The molecule has 2 aromatic rings. The number of nitrogens with two attached hydrogens (primary N) is 1. The van der Waals surface area contributed by atoms with Crippen LogP contribution in [0.4, 0.5) is 10.5 Å². The molecule has 0 saturated carbocycles. The van der Waals surface area contributed by atoms with E-state index in [4.69, 9.17) is 15.2 Å². The van der Waals surface area contributed by atoms with Crippen molar-refractivity contribution in [1.29, 1.82) is 0 Å². The molecule has 0 spiro atoms. The molecule has 1 aromatic carbocycles. The molecule has 1 aliphatic rings. The van der Waals surface area contributed by atoms with Crippen molar-refractivity contribution in [2.24, 2.45) is 5.73 Å². The second-order valence-electron chi connectivity index (χ2n) is 4.89. The lowest BCUT2D eigenvalue weighted by atomic mass is 10.2. The summed E-state index contributed by atoms with van der Waals surface area (Å²) in [6, 6.07) is 5.07. The molecule has 1 aromatic heterocycles. The molecule has 0 aliphatic carbocycles. The predicted molar refractivity (Wildman–Crippen MR) is 79.8 cm³/mol. The zero-order valence-corrected chi connectivity index (χ0v) is 12.1. The van der Waals surface area contributed by atoms with Crippen molar-refractivity contribution < 1.29 is 19.1 Å². The van der Waals surface area contributed by atoms with Crippen LogP contribution in [-0.4, -0.2) is 28.5 Å². The van der Waals surface area contributed by atoms with Gasteiger partial charge < -0.3 is 25.8 Å². The van der Waals surface area contributed by atoms with Crippen LogP contribution in [-0.2, 0) is 17.9 Å². The van der Waals surface area contributed by atoms with Crippen molar-refractivity contribution in [2.75, 3.05) is 12.1 Å². The summed E-state index contributed by atoms with van der Waals surface area (Å²) in [5.41, 5.74) is 6.42. The first-order chi connectivity index (χ1) is 11.1. The van der Waals surface area contributed by atoms with Crippen molar-refractivity contribution in [3.05, 3.63) is 36.2 Å². The van der Waals surface area contributed by atoms with Gasteiger partial charge in [-0.1, -0.05) is 6.07 Å². The predicted octanol–water partition coefficient (Wildman–Crippen LogP) is 0.419. The molecule has 3 amide bonds. The number of carbonyl (C=O) groups excluding carboxylic acids is 2. The van der Waals surface area contributed by atoms with Gasteiger partial charge >= 0.3 is 6.03 Å². The number of urea groups is 1. The van der Waals surface area contributed by atoms with E-state index >= 15 is 0 Å². The molecule has 0 bridgehead atoms. The van der Waals surface area contributed by atoms with Gasteiger partial charge in [0.1, 0.15) is 6.54 Å². The zero-order valence-electron chi connectivity index (χ0n) is 12.1. The number of ether oxygens (including phenoxy) is 2. The van der Waals surface area contributed by atoms with E-state index in [1.54, 1.807) is 6.07 Å². The first kappa shape index (κ1) is 14.7. The number of nitrogens with zero attached hydrogens (tertiary/aromatic N) is 2. The van der Waals surface area contributed by atoms with Crippen LogP contribution in [0.3, 0.4) is 0 Å². The van der Waals surface area contributed by atoms with E-state index in [0.717, 1.165) is 5.56 Å². The number of fused-ring (bicyclic) bond motifs is 1.